The number of thioether (sulfide) groups is 1. The van der Waals surface area contributed by atoms with E-state index in [1.165, 1.54) is 22.0 Å². The van der Waals surface area contributed by atoms with Gasteiger partial charge in [-0.3, -0.25) is 4.79 Å². The molecule has 0 saturated carbocycles. The fourth-order valence-corrected chi connectivity index (χ4v) is 5.69. The van der Waals surface area contributed by atoms with Crippen LogP contribution >= 0.6 is 23.1 Å². The number of nitrogens with zero attached hydrogens (tertiary/aromatic N) is 6. The molecule has 0 aliphatic carbocycles. The molecular weight excluding hydrogens is 428 g/mol. The summed E-state index contributed by atoms with van der Waals surface area (Å²) in [4.78, 5) is 19.7. The third-order valence-electron chi connectivity index (χ3n) is 5.48. The lowest BCUT2D eigenvalue weighted by atomic mass is 9.99. The Kier molecular flexibility index (Phi) is 5.69. The molecule has 1 saturated heterocycles. The molecule has 2 aromatic heterocycles. The number of aromatic nitrogens is 5. The first-order valence-corrected chi connectivity index (χ1v) is 12.1. The van der Waals surface area contributed by atoms with Crippen LogP contribution in [0.15, 0.2) is 53.7 Å². The predicted octanol–water partition coefficient (Wildman–Crippen LogP) is 4.08. The molecule has 7 nitrogen and oxygen atoms in total. The van der Waals surface area contributed by atoms with E-state index < -0.39 is 0 Å². The fourth-order valence-electron chi connectivity index (χ4n) is 3.80. The Hall–Kier alpha value is -2.78. The number of para-hydroxylation sites is 1. The van der Waals surface area contributed by atoms with Gasteiger partial charge in [-0.2, -0.15) is 4.68 Å². The molecular formula is C22H22N6OS2. The summed E-state index contributed by atoms with van der Waals surface area (Å²) >= 11 is 3.12. The molecule has 4 aromatic rings. The Morgan fingerprint density at radius 1 is 1.19 bits per heavy atom. The van der Waals surface area contributed by atoms with Crippen LogP contribution in [0.5, 0.6) is 0 Å². The normalized spacial score (nSPS) is 16.7. The molecule has 0 bridgehead atoms. The van der Waals surface area contributed by atoms with Gasteiger partial charge in [-0.05, 0) is 54.5 Å². The number of rotatable bonds is 5. The van der Waals surface area contributed by atoms with Gasteiger partial charge in [-0.1, -0.05) is 41.6 Å². The number of hydrogen-bond acceptors (Lipinski definition) is 7. The summed E-state index contributed by atoms with van der Waals surface area (Å²) in [6.07, 6.45) is 2.07. The van der Waals surface area contributed by atoms with Crippen molar-refractivity contribution in [3.05, 3.63) is 59.1 Å². The molecule has 9 heteroatoms. The van der Waals surface area contributed by atoms with E-state index in [2.05, 4.69) is 27.7 Å². The number of carbonyl (C=O) groups excluding carboxylic acids is 1. The minimum Gasteiger partial charge on any atom is -0.341 e. The van der Waals surface area contributed by atoms with Gasteiger partial charge < -0.3 is 4.90 Å². The second-order valence-corrected chi connectivity index (χ2v) is 9.70. The predicted molar refractivity (Wildman–Crippen MR) is 123 cm³/mol. The van der Waals surface area contributed by atoms with Crippen LogP contribution in [-0.2, 0) is 4.79 Å². The van der Waals surface area contributed by atoms with Crippen LogP contribution in [0, 0.1) is 6.92 Å². The molecule has 1 aliphatic rings. The molecule has 2 aromatic carbocycles. The zero-order chi connectivity index (χ0) is 21.2. The van der Waals surface area contributed by atoms with Gasteiger partial charge in [0.05, 0.1) is 26.7 Å². The third kappa shape index (κ3) is 4.33. The average molecular weight is 451 g/mol. The number of amides is 1. The lowest BCUT2D eigenvalue weighted by molar-refractivity contribution is -0.129. The Bertz CT molecular complexity index is 1170. The Labute approximate surface area is 188 Å². The van der Waals surface area contributed by atoms with Gasteiger partial charge in [0.25, 0.3) is 0 Å². The van der Waals surface area contributed by atoms with E-state index in [1.54, 1.807) is 16.0 Å². The number of hydrogen-bond donors (Lipinski definition) is 0. The Balaban J connectivity index is 1.24. The van der Waals surface area contributed by atoms with Gasteiger partial charge in [0, 0.05) is 19.0 Å². The second kappa shape index (κ2) is 8.76. The van der Waals surface area contributed by atoms with Gasteiger partial charge in [0.15, 0.2) is 0 Å². The van der Waals surface area contributed by atoms with Gasteiger partial charge in [-0.15, -0.1) is 16.4 Å². The van der Waals surface area contributed by atoms with Crippen LogP contribution in [0.4, 0.5) is 0 Å². The fraction of sp³-hybridized carbons (Fsp3) is 0.318. The molecule has 1 aliphatic heterocycles. The molecule has 158 valence electrons. The van der Waals surface area contributed by atoms with Crippen LogP contribution in [0.2, 0.25) is 0 Å². The lowest BCUT2D eigenvalue weighted by Gasteiger charge is -2.31. The number of piperidine rings is 1. The van der Waals surface area contributed by atoms with Gasteiger partial charge in [-0.25, -0.2) is 4.98 Å². The Morgan fingerprint density at radius 2 is 2.03 bits per heavy atom. The van der Waals surface area contributed by atoms with E-state index in [4.69, 9.17) is 4.98 Å². The second-order valence-electron chi connectivity index (χ2n) is 7.70. The number of tetrazole rings is 1. The maximum atomic E-state index is 12.9. The minimum atomic E-state index is 0.120. The van der Waals surface area contributed by atoms with E-state index in [1.807, 2.05) is 48.2 Å². The quantitative estimate of drug-likeness (QED) is 0.427. The number of fused-ring (bicyclic) bond motifs is 1. The van der Waals surface area contributed by atoms with Gasteiger partial charge >= 0.3 is 0 Å². The van der Waals surface area contributed by atoms with E-state index >= 15 is 0 Å². The van der Waals surface area contributed by atoms with Crippen LogP contribution in [-0.4, -0.2) is 54.8 Å². The first-order valence-electron chi connectivity index (χ1n) is 10.3. The molecule has 1 fully saturated rings. The molecule has 0 radical (unpaired) electrons. The van der Waals surface area contributed by atoms with Crippen molar-refractivity contribution in [1.29, 1.82) is 0 Å². The number of carbonyl (C=O) groups is 1. The third-order valence-corrected chi connectivity index (χ3v) is 7.58. The van der Waals surface area contributed by atoms with Crippen LogP contribution in [0.1, 0.15) is 29.3 Å². The molecule has 3 heterocycles. The first kappa shape index (κ1) is 20.1. The highest BCUT2D eigenvalue weighted by Gasteiger charge is 2.27. The summed E-state index contributed by atoms with van der Waals surface area (Å²) < 4.78 is 2.89. The van der Waals surface area contributed by atoms with E-state index in [-0.39, 0.29) is 5.91 Å². The van der Waals surface area contributed by atoms with Crippen molar-refractivity contribution >= 4 is 39.2 Å². The summed E-state index contributed by atoms with van der Waals surface area (Å²) in [7, 11) is 0. The summed E-state index contributed by atoms with van der Waals surface area (Å²) in [6, 6.07) is 16.2. The van der Waals surface area contributed by atoms with Crippen LogP contribution in [0.3, 0.4) is 0 Å². The standard InChI is InChI=1S/C22H22N6OS2/c1-15-8-10-17(11-9-15)28-22(24-25-26-28)30-14-20(29)27-12-4-5-16(13-27)21-23-18-6-2-3-7-19(18)31-21/h2-3,6-11,16H,4-5,12-14H2,1H3/t16-/m0/s1. The number of aryl methyl sites for hydroxylation is 1. The lowest BCUT2D eigenvalue weighted by Crippen LogP contribution is -2.40. The molecule has 1 atom stereocenters. The molecule has 31 heavy (non-hydrogen) atoms. The average Bonchev–Trinajstić information content (AvgIpc) is 3.45. The monoisotopic (exact) mass is 450 g/mol. The van der Waals surface area contributed by atoms with Crippen molar-refractivity contribution in [3.63, 3.8) is 0 Å². The highest BCUT2D eigenvalue weighted by molar-refractivity contribution is 7.99. The summed E-state index contributed by atoms with van der Waals surface area (Å²) in [5.74, 6) is 0.742. The van der Waals surface area contributed by atoms with E-state index in [9.17, 15) is 4.79 Å². The number of likely N-dealkylation sites (tertiary alicyclic amines) is 1. The van der Waals surface area contributed by atoms with Gasteiger partial charge in [0.2, 0.25) is 11.1 Å². The largest absolute Gasteiger partial charge is 0.341 e. The van der Waals surface area contributed by atoms with Crippen molar-refractivity contribution in [1.82, 2.24) is 30.1 Å². The smallest absolute Gasteiger partial charge is 0.233 e. The molecule has 0 N–H and O–H groups in total. The van der Waals surface area contributed by atoms with Crippen molar-refractivity contribution in [3.8, 4) is 5.69 Å². The Morgan fingerprint density at radius 3 is 2.87 bits per heavy atom. The van der Waals surface area contributed by atoms with Gasteiger partial charge in [0.1, 0.15) is 0 Å². The number of benzene rings is 2. The van der Waals surface area contributed by atoms with Crippen molar-refractivity contribution in [2.45, 2.75) is 30.8 Å². The maximum absolute atomic E-state index is 12.9. The SMILES string of the molecule is Cc1ccc(-n2nnnc2SCC(=O)N2CCC[C@H](c3nc4ccccc4s3)C2)cc1. The zero-order valence-corrected chi connectivity index (χ0v) is 18.8. The number of thiazole rings is 1. The highest BCUT2D eigenvalue weighted by atomic mass is 32.2. The van der Waals surface area contributed by atoms with E-state index in [0.29, 0.717) is 16.8 Å². The summed E-state index contributed by atoms with van der Waals surface area (Å²) in [5, 5.41) is 13.7. The molecule has 0 spiro atoms. The minimum absolute atomic E-state index is 0.120. The first-order chi connectivity index (χ1) is 15.2. The molecule has 0 unspecified atom stereocenters. The van der Waals surface area contributed by atoms with Crippen LogP contribution < -0.4 is 0 Å². The van der Waals surface area contributed by atoms with Crippen LogP contribution in [0.25, 0.3) is 15.9 Å². The van der Waals surface area contributed by atoms with E-state index in [0.717, 1.165) is 42.1 Å². The van der Waals surface area contributed by atoms with Crippen molar-refractivity contribution in [2.24, 2.45) is 0 Å². The summed E-state index contributed by atoms with van der Waals surface area (Å²) in [5.41, 5.74) is 3.11. The molecule has 5 rings (SSSR count). The topological polar surface area (TPSA) is 76.8 Å². The summed E-state index contributed by atoms with van der Waals surface area (Å²) in [6.45, 7) is 3.56. The maximum Gasteiger partial charge on any atom is 0.233 e. The van der Waals surface area contributed by atoms with Crippen molar-refractivity contribution in [2.75, 3.05) is 18.8 Å². The zero-order valence-electron chi connectivity index (χ0n) is 17.1. The molecule has 1 amide bonds. The highest BCUT2D eigenvalue weighted by Crippen LogP contribution is 2.33. The van der Waals surface area contributed by atoms with Crippen molar-refractivity contribution < 1.29 is 4.79 Å².